The zero-order chi connectivity index (χ0) is 12.7. The molecule has 0 radical (unpaired) electrons. The molecule has 5 heteroatoms. The lowest BCUT2D eigenvalue weighted by atomic mass is 10.0. The van der Waals surface area contributed by atoms with Crippen molar-refractivity contribution in [2.24, 2.45) is 0 Å². The van der Waals surface area contributed by atoms with Gasteiger partial charge in [-0.05, 0) is 19.8 Å². The molecule has 0 saturated carbocycles. The lowest BCUT2D eigenvalue weighted by molar-refractivity contribution is 0.803. The number of fused-ring (bicyclic) bond motifs is 1. The Labute approximate surface area is 105 Å². The van der Waals surface area contributed by atoms with Crippen LogP contribution in [0.1, 0.15) is 42.3 Å². The van der Waals surface area contributed by atoms with Gasteiger partial charge < -0.3 is 0 Å². The van der Waals surface area contributed by atoms with Gasteiger partial charge in [-0.2, -0.15) is 10.4 Å². The van der Waals surface area contributed by atoms with Gasteiger partial charge in [-0.15, -0.1) is 0 Å². The van der Waals surface area contributed by atoms with Gasteiger partial charge >= 0.3 is 0 Å². The summed E-state index contributed by atoms with van der Waals surface area (Å²) in [5, 5.41) is 13.9. The summed E-state index contributed by atoms with van der Waals surface area (Å²) in [4.78, 5) is 4.44. The van der Waals surface area contributed by atoms with Gasteiger partial charge in [-0.1, -0.05) is 25.4 Å². The summed E-state index contributed by atoms with van der Waals surface area (Å²) in [6.45, 7) is 7.81. The van der Waals surface area contributed by atoms with Crippen LogP contribution in [-0.4, -0.2) is 14.6 Å². The van der Waals surface area contributed by atoms with E-state index in [9.17, 15) is 0 Å². The zero-order valence-corrected chi connectivity index (χ0v) is 11.0. The number of aromatic nitrogens is 3. The summed E-state index contributed by atoms with van der Waals surface area (Å²) < 4.78 is 1.55. The van der Waals surface area contributed by atoms with E-state index in [1.807, 2.05) is 6.92 Å². The second-order valence-electron chi connectivity index (χ2n) is 4.36. The molecule has 0 amide bonds. The van der Waals surface area contributed by atoms with E-state index in [-0.39, 0.29) is 5.92 Å². The first-order valence-electron chi connectivity index (χ1n) is 5.42. The van der Waals surface area contributed by atoms with Crippen LogP contribution in [-0.2, 0) is 0 Å². The van der Waals surface area contributed by atoms with Crippen molar-refractivity contribution in [1.29, 1.82) is 5.26 Å². The standard InChI is InChI=1S/C12H13ClN4/c1-6(2)10-8(4)15-12-9(5-14)7(3)16-17(12)11(10)13/h6H,1-4H3. The van der Waals surface area contributed by atoms with E-state index < -0.39 is 0 Å². The van der Waals surface area contributed by atoms with Crippen molar-refractivity contribution in [3.8, 4) is 6.07 Å². The largest absolute Gasteiger partial charge is 0.232 e. The first kappa shape index (κ1) is 11.9. The van der Waals surface area contributed by atoms with Crippen molar-refractivity contribution in [2.75, 3.05) is 0 Å². The van der Waals surface area contributed by atoms with Crippen LogP contribution in [0.3, 0.4) is 0 Å². The van der Waals surface area contributed by atoms with Gasteiger partial charge in [0.05, 0.1) is 5.69 Å². The van der Waals surface area contributed by atoms with Crippen molar-refractivity contribution in [1.82, 2.24) is 14.6 Å². The molecule has 0 aliphatic rings. The van der Waals surface area contributed by atoms with E-state index in [4.69, 9.17) is 16.9 Å². The molecule has 4 nitrogen and oxygen atoms in total. The van der Waals surface area contributed by atoms with Crippen LogP contribution in [0.2, 0.25) is 5.15 Å². The molecule has 0 atom stereocenters. The third-order valence-corrected chi connectivity index (χ3v) is 3.16. The average molecular weight is 249 g/mol. The molecule has 88 valence electrons. The molecule has 2 aromatic rings. The summed E-state index contributed by atoms with van der Waals surface area (Å²) in [6, 6.07) is 2.12. The second-order valence-corrected chi connectivity index (χ2v) is 4.72. The lowest BCUT2D eigenvalue weighted by Crippen LogP contribution is -2.04. The van der Waals surface area contributed by atoms with E-state index >= 15 is 0 Å². The minimum absolute atomic E-state index is 0.273. The third kappa shape index (κ3) is 1.67. The fourth-order valence-corrected chi connectivity index (χ4v) is 2.50. The van der Waals surface area contributed by atoms with Crippen LogP contribution in [0.5, 0.6) is 0 Å². The van der Waals surface area contributed by atoms with E-state index in [1.165, 1.54) is 0 Å². The van der Waals surface area contributed by atoms with E-state index in [0.717, 1.165) is 11.3 Å². The predicted octanol–water partition coefficient (Wildman–Crippen LogP) is 2.99. The number of hydrogen-bond acceptors (Lipinski definition) is 3. The molecule has 0 aromatic carbocycles. The SMILES string of the molecule is Cc1nc2c(C#N)c(C)nn2c(Cl)c1C(C)C. The summed E-state index contributed by atoms with van der Waals surface area (Å²) in [5.41, 5.74) is 3.52. The molecule has 0 bridgehead atoms. The van der Waals surface area contributed by atoms with E-state index in [1.54, 1.807) is 11.4 Å². The Bertz CT molecular complexity index is 634. The topological polar surface area (TPSA) is 54.0 Å². The summed E-state index contributed by atoms with van der Waals surface area (Å²) in [5.74, 6) is 0.273. The Morgan fingerprint density at radius 3 is 2.47 bits per heavy atom. The molecule has 0 spiro atoms. The summed E-state index contributed by atoms with van der Waals surface area (Å²) >= 11 is 6.34. The molecule has 2 rings (SSSR count). The normalized spacial score (nSPS) is 11.1. The molecule has 0 saturated heterocycles. The van der Waals surface area contributed by atoms with Gasteiger partial charge in [-0.25, -0.2) is 9.50 Å². The minimum Gasteiger partial charge on any atom is -0.232 e. The fourth-order valence-electron chi connectivity index (χ4n) is 2.02. The van der Waals surface area contributed by atoms with Crippen LogP contribution >= 0.6 is 11.6 Å². The molecule has 17 heavy (non-hydrogen) atoms. The molecule has 0 aliphatic carbocycles. The monoisotopic (exact) mass is 248 g/mol. The van der Waals surface area contributed by atoms with Crippen molar-refractivity contribution in [2.45, 2.75) is 33.6 Å². The maximum atomic E-state index is 9.08. The van der Waals surface area contributed by atoms with Crippen molar-refractivity contribution in [3.05, 3.63) is 27.7 Å². The fraction of sp³-hybridized carbons (Fsp3) is 0.417. The van der Waals surface area contributed by atoms with E-state index in [0.29, 0.717) is 22.1 Å². The highest BCUT2D eigenvalue weighted by Gasteiger charge is 2.18. The van der Waals surface area contributed by atoms with Gasteiger partial charge in [-0.3, -0.25) is 0 Å². The molecule has 2 aromatic heterocycles. The number of nitrogens with zero attached hydrogens (tertiary/aromatic N) is 4. The smallest absolute Gasteiger partial charge is 0.175 e. The number of halogens is 1. The lowest BCUT2D eigenvalue weighted by Gasteiger charge is -2.12. The maximum absolute atomic E-state index is 9.08. The predicted molar refractivity (Wildman–Crippen MR) is 66.3 cm³/mol. The molecule has 2 heterocycles. The van der Waals surface area contributed by atoms with Crippen LogP contribution in [0.15, 0.2) is 0 Å². The Hall–Kier alpha value is -1.60. The Morgan fingerprint density at radius 1 is 1.29 bits per heavy atom. The maximum Gasteiger partial charge on any atom is 0.175 e. The molecule has 0 N–H and O–H groups in total. The van der Waals surface area contributed by atoms with Gasteiger partial charge in [0, 0.05) is 11.3 Å². The summed E-state index contributed by atoms with van der Waals surface area (Å²) in [6.07, 6.45) is 0. The zero-order valence-electron chi connectivity index (χ0n) is 10.2. The van der Waals surface area contributed by atoms with Gasteiger partial charge in [0.25, 0.3) is 0 Å². The van der Waals surface area contributed by atoms with Crippen LogP contribution in [0.4, 0.5) is 0 Å². The van der Waals surface area contributed by atoms with Gasteiger partial charge in [0.15, 0.2) is 5.65 Å². The van der Waals surface area contributed by atoms with E-state index in [2.05, 4.69) is 30.0 Å². The highest BCUT2D eigenvalue weighted by molar-refractivity contribution is 6.30. The second kappa shape index (κ2) is 4.01. The third-order valence-electron chi connectivity index (χ3n) is 2.80. The number of rotatable bonds is 1. The van der Waals surface area contributed by atoms with Gasteiger partial charge in [0.2, 0.25) is 0 Å². The summed E-state index contributed by atoms with van der Waals surface area (Å²) in [7, 11) is 0. The first-order chi connectivity index (χ1) is 7.97. The van der Waals surface area contributed by atoms with Crippen molar-refractivity contribution < 1.29 is 0 Å². The Balaban J connectivity index is 2.92. The number of nitriles is 1. The van der Waals surface area contributed by atoms with Crippen LogP contribution in [0.25, 0.3) is 5.65 Å². The van der Waals surface area contributed by atoms with Crippen molar-refractivity contribution in [3.63, 3.8) is 0 Å². The van der Waals surface area contributed by atoms with Crippen LogP contribution in [0, 0.1) is 25.2 Å². The average Bonchev–Trinajstić information content (AvgIpc) is 2.54. The van der Waals surface area contributed by atoms with Gasteiger partial charge in [0.1, 0.15) is 16.8 Å². The van der Waals surface area contributed by atoms with Crippen molar-refractivity contribution >= 4 is 17.2 Å². The minimum atomic E-state index is 0.273. The first-order valence-corrected chi connectivity index (χ1v) is 5.80. The van der Waals surface area contributed by atoms with Crippen LogP contribution < -0.4 is 0 Å². The quantitative estimate of drug-likeness (QED) is 0.729. The number of aryl methyl sites for hydroxylation is 2. The molecular formula is C12H13ClN4. The number of hydrogen-bond donors (Lipinski definition) is 0. The Morgan fingerprint density at radius 2 is 1.94 bits per heavy atom. The molecule has 0 unspecified atom stereocenters. The highest BCUT2D eigenvalue weighted by Crippen LogP contribution is 2.28. The molecule has 0 fully saturated rings. The molecular weight excluding hydrogens is 236 g/mol. The Kier molecular flexibility index (Phi) is 2.80. The molecule has 0 aliphatic heterocycles. The highest BCUT2D eigenvalue weighted by atomic mass is 35.5.